The summed E-state index contributed by atoms with van der Waals surface area (Å²) < 4.78 is 35.8. The number of hydrogen-bond donors (Lipinski definition) is 5. The molecule has 1 aromatic heterocycles. The van der Waals surface area contributed by atoms with Crippen molar-refractivity contribution in [2.75, 3.05) is 32.8 Å². The predicted molar refractivity (Wildman–Crippen MR) is 216 cm³/mol. The van der Waals surface area contributed by atoms with Crippen LogP contribution in [-0.2, 0) is 29.3 Å². The quantitative estimate of drug-likeness (QED) is 0.184. The zero-order valence-electron chi connectivity index (χ0n) is 34.9. The Kier molecular flexibility index (Phi) is 11.7. The highest BCUT2D eigenvalue weighted by Gasteiger charge is 2.85. The molecule has 0 bridgehead atoms. The van der Waals surface area contributed by atoms with E-state index in [1.54, 1.807) is 0 Å². The van der Waals surface area contributed by atoms with E-state index in [4.69, 9.17) is 4.74 Å². The summed E-state index contributed by atoms with van der Waals surface area (Å²) in [6, 6.07) is -2.52. The Morgan fingerprint density at radius 2 is 1.63 bits per heavy atom. The van der Waals surface area contributed by atoms with Gasteiger partial charge in [-0.15, -0.1) is 0 Å². The normalized spacial score (nSPS) is 32.1. The fourth-order valence-electron chi connectivity index (χ4n) is 12.4. The van der Waals surface area contributed by atoms with Gasteiger partial charge in [-0.25, -0.2) is 9.71 Å². The molecule has 7 unspecified atom stereocenters. The van der Waals surface area contributed by atoms with Crippen molar-refractivity contribution < 1.29 is 37.4 Å². The minimum Gasteiger partial charge on any atom is -0.381 e. The molecule has 4 aliphatic carbocycles. The van der Waals surface area contributed by atoms with E-state index in [-0.39, 0.29) is 45.6 Å². The van der Waals surface area contributed by atoms with Crippen LogP contribution in [0.4, 0.5) is 0 Å². The molecule has 7 atom stereocenters. The minimum atomic E-state index is -4.07. The topological polar surface area (TPSA) is 212 Å². The molecule has 8 rings (SSSR count). The fourth-order valence-corrected chi connectivity index (χ4v) is 13.7. The van der Waals surface area contributed by atoms with E-state index in [0.29, 0.717) is 65.0 Å². The molecule has 59 heavy (non-hydrogen) atoms. The average Bonchev–Trinajstić information content (AvgIpc) is 3.68. The first kappa shape index (κ1) is 42.4. The van der Waals surface area contributed by atoms with E-state index in [9.17, 15) is 32.7 Å². The Morgan fingerprint density at radius 3 is 2.22 bits per heavy atom. The number of carbonyl (C=O) groups excluding carboxylic acids is 4. The van der Waals surface area contributed by atoms with E-state index in [2.05, 4.69) is 44.5 Å². The molecule has 4 saturated carbocycles. The number of aliphatic hydroxyl groups is 1. The number of carbonyl (C=O) groups is 4. The van der Waals surface area contributed by atoms with Crippen LogP contribution in [0.5, 0.6) is 0 Å². The predicted octanol–water partition coefficient (Wildman–Crippen LogP) is 2.40. The van der Waals surface area contributed by atoms with Crippen molar-refractivity contribution in [1.82, 2.24) is 39.8 Å². The van der Waals surface area contributed by atoms with Gasteiger partial charge in [-0.3, -0.25) is 29.1 Å². The van der Waals surface area contributed by atoms with E-state index < -0.39 is 57.8 Å². The summed E-state index contributed by atoms with van der Waals surface area (Å²) in [5.74, 6) is -2.57. The van der Waals surface area contributed by atoms with Gasteiger partial charge in [-0.05, 0) is 98.2 Å². The van der Waals surface area contributed by atoms with Crippen molar-refractivity contribution in [3.8, 4) is 0 Å². The van der Waals surface area contributed by atoms with Crippen molar-refractivity contribution in [2.45, 2.75) is 147 Å². The monoisotopic (exact) mass is 840 g/mol. The Balaban J connectivity index is 1.08. The van der Waals surface area contributed by atoms with E-state index >= 15 is 0 Å². The maximum absolute atomic E-state index is 14.9. The van der Waals surface area contributed by atoms with Crippen molar-refractivity contribution in [3.05, 3.63) is 24.3 Å². The molecular formula is C42H64N8O8S. The Bertz CT molecular complexity index is 1860. The highest BCUT2D eigenvalue weighted by Crippen LogP contribution is 2.88. The number of aromatic nitrogens is 2. The van der Waals surface area contributed by atoms with Crippen LogP contribution >= 0.6 is 0 Å². The molecule has 3 saturated heterocycles. The van der Waals surface area contributed by atoms with Crippen LogP contribution in [-0.4, -0.2) is 119 Å². The minimum absolute atomic E-state index is 0.0194. The van der Waals surface area contributed by atoms with Crippen LogP contribution in [0.3, 0.4) is 0 Å². The van der Waals surface area contributed by atoms with Crippen LogP contribution in [0.25, 0.3) is 0 Å². The van der Waals surface area contributed by atoms with Gasteiger partial charge in [0.05, 0.1) is 18.3 Å². The van der Waals surface area contributed by atoms with E-state index in [1.807, 2.05) is 11.8 Å². The summed E-state index contributed by atoms with van der Waals surface area (Å²) in [7, 11) is -4.07. The van der Waals surface area contributed by atoms with Crippen LogP contribution < -0.4 is 20.7 Å². The average molecular weight is 841 g/mol. The molecule has 4 heterocycles. The van der Waals surface area contributed by atoms with E-state index in [1.165, 1.54) is 22.9 Å². The molecule has 0 radical (unpaired) electrons. The van der Waals surface area contributed by atoms with Gasteiger partial charge in [0.25, 0.3) is 11.8 Å². The van der Waals surface area contributed by atoms with Crippen LogP contribution in [0.2, 0.25) is 0 Å². The highest BCUT2D eigenvalue weighted by atomic mass is 32.2. The summed E-state index contributed by atoms with van der Waals surface area (Å²) in [5, 5.41) is 22.1. The molecule has 2 spiro atoms. The number of amides is 4. The fraction of sp³-hybridized carbons (Fsp3) is 0.810. The molecule has 7 fully saturated rings. The first-order valence-corrected chi connectivity index (χ1v) is 23.7. The molecule has 0 aromatic carbocycles. The maximum atomic E-state index is 14.9. The second-order valence-electron chi connectivity index (χ2n) is 19.2. The van der Waals surface area contributed by atoms with Crippen molar-refractivity contribution >= 4 is 33.8 Å². The molecule has 7 aliphatic rings. The first-order chi connectivity index (χ1) is 28.2. The van der Waals surface area contributed by atoms with Gasteiger partial charge in [0.2, 0.25) is 11.8 Å². The first-order valence-electron chi connectivity index (χ1n) is 22.2. The number of rotatable bonds is 14. The van der Waals surface area contributed by atoms with Gasteiger partial charge in [-0.1, -0.05) is 52.9 Å². The number of likely N-dealkylation sites (tertiary alicyclic amines) is 1. The Hall–Kier alpha value is -3.25. The van der Waals surface area contributed by atoms with Crippen molar-refractivity contribution in [1.29, 1.82) is 0 Å². The highest BCUT2D eigenvalue weighted by molar-refractivity contribution is 7.87. The zero-order valence-corrected chi connectivity index (χ0v) is 35.7. The summed E-state index contributed by atoms with van der Waals surface area (Å²) in [4.78, 5) is 67.0. The lowest BCUT2D eigenvalue weighted by Gasteiger charge is -2.41. The maximum Gasteiger partial charge on any atom is 0.303 e. The van der Waals surface area contributed by atoms with Gasteiger partial charge in [0.1, 0.15) is 23.5 Å². The standard InChI is InChI=1S/C42H64N8O8S/c1-4-29-23-42(29,38(55)48-59(56,57)49-19-8-9-20-49)47-35(52)31-24-41(39(2,3)40(41)15-10-16-40)26-50(31)37(54)33(28-13-21-58-22-14-28)46-36(53)32(27-11-6-5-7-12-27)45-34(51)30-25-43-17-18-44-30/h17-18,25,27-29,31-33,37,54H,4-16,19-24,26H2,1-3H3,(H,45,51)(H,46,53)(H,47,52)(H,48,55). The number of fused-ring (bicyclic) bond motifs is 1. The second kappa shape index (κ2) is 16.2. The van der Waals surface area contributed by atoms with Crippen molar-refractivity contribution in [3.63, 3.8) is 0 Å². The number of ether oxygens (including phenoxy) is 1. The van der Waals surface area contributed by atoms with Gasteiger partial charge < -0.3 is 25.8 Å². The third kappa shape index (κ3) is 7.37. The van der Waals surface area contributed by atoms with Crippen LogP contribution in [0.1, 0.15) is 128 Å². The lowest BCUT2D eigenvalue weighted by Crippen LogP contribution is -2.63. The van der Waals surface area contributed by atoms with Gasteiger partial charge in [0, 0.05) is 45.2 Å². The number of aliphatic hydroxyl groups excluding tert-OH is 1. The van der Waals surface area contributed by atoms with Crippen LogP contribution in [0, 0.1) is 34.0 Å². The second-order valence-corrected chi connectivity index (χ2v) is 20.9. The smallest absolute Gasteiger partial charge is 0.303 e. The molecule has 3 aliphatic heterocycles. The SMILES string of the molecule is CCC1CC1(NC(=O)C1CC2(CN1C(O)C(NC(=O)C(NC(=O)c1cnccn1)C1CCCCC1)C1CCOCC1)C(C)(C)C21CCC1)C(=O)NS(=O)(=O)N1CCCC1. The summed E-state index contributed by atoms with van der Waals surface area (Å²) in [6.07, 6.45) is 14.6. The lowest BCUT2D eigenvalue weighted by atomic mass is 9.73. The third-order valence-electron chi connectivity index (χ3n) is 16.4. The number of hydrogen-bond acceptors (Lipinski definition) is 11. The molecular weight excluding hydrogens is 777 g/mol. The Morgan fingerprint density at radius 1 is 0.915 bits per heavy atom. The lowest BCUT2D eigenvalue weighted by molar-refractivity contribution is -0.138. The largest absolute Gasteiger partial charge is 0.381 e. The number of nitrogens with zero attached hydrogens (tertiary/aromatic N) is 4. The molecule has 1 aromatic rings. The summed E-state index contributed by atoms with van der Waals surface area (Å²) >= 11 is 0. The molecule has 5 N–H and O–H groups in total. The summed E-state index contributed by atoms with van der Waals surface area (Å²) in [5.41, 5.74) is -1.64. The van der Waals surface area contributed by atoms with Gasteiger partial charge in [-0.2, -0.15) is 12.7 Å². The zero-order chi connectivity index (χ0) is 41.8. The van der Waals surface area contributed by atoms with Crippen molar-refractivity contribution in [2.24, 2.45) is 34.0 Å². The van der Waals surface area contributed by atoms with Gasteiger partial charge >= 0.3 is 10.2 Å². The van der Waals surface area contributed by atoms with Gasteiger partial charge in [0.15, 0.2) is 0 Å². The number of nitrogens with one attached hydrogen (secondary N) is 4. The molecule has 326 valence electrons. The third-order valence-corrected chi connectivity index (χ3v) is 17.8. The van der Waals surface area contributed by atoms with Crippen LogP contribution in [0.15, 0.2) is 18.6 Å². The molecule has 17 heteroatoms. The molecule has 16 nitrogen and oxygen atoms in total. The Labute approximate surface area is 348 Å². The molecule has 4 amide bonds. The van der Waals surface area contributed by atoms with E-state index in [0.717, 1.165) is 64.2 Å². The summed E-state index contributed by atoms with van der Waals surface area (Å²) in [6.45, 7) is 8.47.